The maximum Gasteiger partial charge on any atom is 0.0841 e. The third-order valence-electron chi connectivity index (χ3n) is 1.44. The van der Waals surface area contributed by atoms with Crippen molar-refractivity contribution in [3.05, 3.63) is 24.0 Å². The lowest BCUT2D eigenvalue weighted by Crippen LogP contribution is -2.17. The van der Waals surface area contributed by atoms with Crippen LogP contribution in [0.5, 0.6) is 0 Å². The first-order valence-corrected chi connectivity index (χ1v) is 3.63. The van der Waals surface area contributed by atoms with E-state index in [0.29, 0.717) is 6.54 Å². The normalized spacial score (nSPS) is 9.36. The van der Waals surface area contributed by atoms with Crippen molar-refractivity contribution in [2.75, 3.05) is 13.1 Å². The predicted octanol–water partition coefficient (Wildman–Crippen LogP) is 0.670. The number of nitriles is 1. The van der Waals surface area contributed by atoms with Crippen molar-refractivity contribution in [2.24, 2.45) is 0 Å². The summed E-state index contributed by atoms with van der Waals surface area (Å²) in [6.07, 6.45) is 2.86. The zero-order valence-electron chi connectivity index (χ0n) is 6.30. The third kappa shape index (κ3) is 2.87. The van der Waals surface area contributed by atoms with Crippen LogP contribution in [-0.4, -0.2) is 18.1 Å². The minimum absolute atomic E-state index is 0.431. The fourth-order valence-corrected chi connectivity index (χ4v) is 0.890. The second kappa shape index (κ2) is 4.53. The summed E-state index contributed by atoms with van der Waals surface area (Å²) in [5, 5.41) is 11.2. The molecule has 0 fully saturated rings. The van der Waals surface area contributed by atoms with E-state index in [1.165, 1.54) is 5.69 Å². The Bertz CT molecular complexity index is 220. The molecule has 0 aliphatic carbocycles. The van der Waals surface area contributed by atoms with Gasteiger partial charge in [0, 0.05) is 18.4 Å². The van der Waals surface area contributed by atoms with Gasteiger partial charge in [-0.15, -0.1) is 0 Å². The van der Waals surface area contributed by atoms with E-state index >= 15 is 0 Å². The zero-order chi connectivity index (χ0) is 7.94. The monoisotopic (exact) mass is 149 g/mol. The molecule has 2 N–H and O–H groups in total. The smallest absolute Gasteiger partial charge is 0.0841 e. The number of nitrogens with zero attached hydrogens (tertiary/aromatic N) is 1. The minimum atomic E-state index is 0.431. The van der Waals surface area contributed by atoms with Gasteiger partial charge in [0.05, 0.1) is 12.6 Å². The number of H-pyrrole nitrogens is 1. The summed E-state index contributed by atoms with van der Waals surface area (Å²) in [4.78, 5) is 3.09. The predicted molar refractivity (Wildman–Crippen MR) is 43.0 cm³/mol. The van der Waals surface area contributed by atoms with Crippen molar-refractivity contribution in [1.29, 1.82) is 5.26 Å². The second-order valence-electron chi connectivity index (χ2n) is 2.28. The van der Waals surface area contributed by atoms with E-state index in [4.69, 9.17) is 5.26 Å². The molecule has 0 aliphatic rings. The summed E-state index contributed by atoms with van der Waals surface area (Å²) < 4.78 is 0. The van der Waals surface area contributed by atoms with Crippen LogP contribution in [0.3, 0.4) is 0 Å². The Morgan fingerprint density at radius 2 is 2.55 bits per heavy atom. The number of nitrogens with one attached hydrogen (secondary N) is 2. The molecule has 11 heavy (non-hydrogen) atoms. The zero-order valence-corrected chi connectivity index (χ0v) is 6.30. The Morgan fingerprint density at radius 1 is 1.64 bits per heavy atom. The Hall–Kier alpha value is -1.27. The summed E-state index contributed by atoms with van der Waals surface area (Å²) in [5.74, 6) is 0. The van der Waals surface area contributed by atoms with Gasteiger partial charge in [0.2, 0.25) is 0 Å². The van der Waals surface area contributed by atoms with Crippen molar-refractivity contribution >= 4 is 0 Å². The lowest BCUT2D eigenvalue weighted by molar-refractivity contribution is 0.741. The fourth-order valence-electron chi connectivity index (χ4n) is 0.890. The van der Waals surface area contributed by atoms with Crippen LogP contribution in [-0.2, 0) is 6.42 Å². The minimum Gasteiger partial charge on any atom is -0.365 e. The molecule has 0 saturated carbocycles. The van der Waals surface area contributed by atoms with Gasteiger partial charge in [0.15, 0.2) is 0 Å². The molecule has 0 aromatic carbocycles. The van der Waals surface area contributed by atoms with Gasteiger partial charge in [-0.05, 0) is 18.6 Å². The molecule has 0 unspecified atom stereocenters. The highest BCUT2D eigenvalue weighted by Crippen LogP contribution is 1.93. The van der Waals surface area contributed by atoms with Gasteiger partial charge in [-0.1, -0.05) is 0 Å². The standard InChI is InChI=1S/C8H11N3/c9-4-7-10-6-3-8-2-1-5-11-8/h1-2,5,10-11H,3,6-7H2. The Morgan fingerprint density at radius 3 is 3.18 bits per heavy atom. The number of rotatable bonds is 4. The largest absolute Gasteiger partial charge is 0.365 e. The molecule has 0 atom stereocenters. The van der Waals surface area contributed by atoms with Gasteiger partial charge >= 0.3 is 0 Å². The Kier molecular flexibility index (Phi) is 3.23. The van der Waals surface area contributed by atoms with Crippen LogP contribution in [0, 0.1) is 11.3 Å². The molecular weight excluding hydrogens is 138 g/mol. The van der Waals surface area contributed by atoms with Crippen LogP contribution in [0.15, 0.2) is 18.3 Å². The average Bonchev–Trinajstić information content (AvgIpc) is 2.50. The van der Waals surface area contributed by atoms with Gasteiger partial charge in [-0.2, -0.15) is 5.26 Å². The third-order valence-corrected chi connectivity index (χ3v) is 1.44. The van der Waals surface area contributed by atoms with E-state index in [0.717, 1.165) is 13.0 Å². The average molecular weight is 149 g/mol. The number of aromatic nitrogens is 1. The van der Waals surface area contributed by atoms with Crippen LogP contribution >= 0.6 is 0 Å². The SMILES string of the molecule is N#CCNCCc1ccc[nH]1. The van der Waals surface area contributed by atoms with E-state index in [2.05, 4.69) is 10.3 Å². The van der Waals surface area contributed by atoms with Crippen molar-refractivity contribution in [2.45, 2.75) is 6.42 Å². The highest BCUT2D eigenvalue weighted by molar-refractivity contribution is 5.03. The number of hydrogen-bond acceptors (Lipinski definition) is 2. The van der Waals surface area contributed by atoms with Crippen LogP contribution in [0.2, 0.25) is 0 Å². The molecule has 1 aromatic rings. The summed E-state index contributed by atoms with van der Waals surface area (Å²) >= 11 is 0. The summed E-state index contributed by atoms with van der Waals surface area (Å²) in [7, 11) is 0. The highest BCUT2D eigenvalue weighted by Gasteiger charge is 1.90. The summed E-state index contributed by atoms with van der Waals surface area (Å²) in [6, 6.07) is 6.03. The molecule has 0 spiro atoms. The summed E-state index contributed by atoms with van der Waals surface area (Å²) in [6.45, 7) is 1.29. The maximum absolute atomic E-state index is 8.20. The van der Waals surface area contributed by atoms with Crippen molar-refractivity contribution in [3.8, 4) is 6.07 Å². The van der Waals surface area contributed by atoms with Gasteiger partial charge < -0.3 is 10.3 Å². The number of hydrogen-bond donors (Lipinski definition) is 2. The van der Waals surface area contributed by atoms with Crippen molar-refractivity contribution in [1.82, 2.24) is 10.3 Å². The van der Waals surface area contributed by atoms with Gasteiger partial charge in [-0.25, -0.2) is 0 Å². The fraction of sp³-hybridized carbons (Fsp3) is 0.375. The van der Waals surface area contributed by atoms with Crippen LogP contribution in [0.4, 0.5) is 0 Å². The molecule has 0 aliphatic heterocycles. The Labute approximate surface area is 66.0 Å². The molecular formula is C8H11N3. The highest BCUT2D eigenvalue weighted by atomic mass is 14.8. The molecule has 3 heteroatoms. The van der Waals surface area contributed by atoms with Crippen LogP contribution in [0.25, 0.3) is 0 Å². The molecule has 0 saturated heterocycles. The van der Waals surface area contributed by atoms with E-state index in [1.54, 1.807) is 0 Å². The maximum atomic E-state index is 8.20. The van der Waals surface area contributed by atoms with Crippen molar-refractivity contribution < 1.29 is 0 Å². The van der Waals surface area contributed by atoms with Gasteiger partial charge in [-0.3, -0.25) is 0 Å². The quantitative estimate of drug-likeness (QED) is 0.488. The molecule has 1 aromatic heterocycles. The molecule has 58 valence electrons. The van der Waals surface area contributed by atoms with E-state index in [-0.39, 0.29) is 0 Å². The summed E-state index contributed by atoms with van der Waals surface area (Å²) in [5.41, 5.74) is 1.20. The molecule has 0 bridgehead atoms. The van der Waals surface area contributed by atoms with E-state index < -0.39 is 0 Å². The molecule has 1 heterocycles. The number of aromatic amines is 1. The van der Waals surface area contributed by atoms with E-state index in [1.807, 2.05) is 24.4 Å². The Balaban J connectivity index is 2.10. The van der Waals surface area contributed by atoms with E-state index in [9.17, 15) is 0 Å². The first-order valence-electron chi connectivity index (χ1n) is 3.63. The topological polar surface area (TPSA) is 51.6 Å². The second-order valence-corrected chi connectivity index (χ2v) is 2.28. The van der Waals surface area contributed by atoms with Gasteiger partial charge in [0.25, 0.3) is 0 Å². The lowest BCUT2D eigenvalue weighted by Gasteiger charge is -1.96. The molecule has 1 rings (SSSR count). The molecule has 0 amide bonds. The first kappa shape index (κ1) is 7.83. The van der Waals surface area contributed by atoms with Crippen LogP contribution in [0.1, 0.15) is 5.69 Å². The first-order chi connectivity index (χ1) is 5.43. The molecule has 0 radical (unpaired) electrons. The molecule has 3 nitrogen and oxygen atoms in total. The van der Waals surface area contributed by atoms with Crippen LogP contribution < -0.4 is 5.32 Å². The van der Waals surface area contributed by atoms with Crippen molar-refractivity contribution in [3.63, 3.8) is 0 Å². The van der Waals surface area contributed by atoms with Gasteiger partial charge in [0.1, 0.15) is 0 Å². The lowest BCUT2D eigenvalue weighted by atomic mass is 10.3.